The Kier molecular flexibility index (Phi) is 6.48. The van der Waals surface area contributed by atoms with E-state index in [0.29, 0.717) is 20.8 Å². The fourth-order valence-electron chi connectivity index (χ4n) is 1.80. The Morgan fingerprint density at radius 1 is 1.13 bits per heavy atom. The average Bonchev–Trinajstić information content (AvgIpc) is 2.51. The van der Waals surface area contributed by atoms with Gasteiger partial charge in [-0.05, 0) is 43.3 Å². The van der Waals surface area contributed by atoms with Crippen LogP contribution < -0.4 is 10.1 Å². The third kappa shape index (κ3) is 4.95. The van der Waals surface area contributed by atoms with E-state index < -0.39 is 0 Å². The van der Waals surface area contributed by atoms with Gasteiger partial charge in [-0.3, -0.25) is 4.79 Å². The molecule has 0 fully saturated rings. The van der Waals surface area contributed by atoms with E-state index in [0.717, 1.165) is 10.6 Å². The minimum atomic E-state index is -0.328. The summed E-state index contributed by atoms with van der Waals surface area (Å²) in [4.78, 5) is 13.3. The fraction of sp³-hybridized carbons (Fsp3) is 0.188. The second-order valence-corrected chi connectivity index (χ2v) is 7.33. The van der Waals surface area contributed by atoms with Crippen LogP contribution >= 0.6 is 46.6 Å². The molecule has 3 nitrogen and oxygen atoms in total. The molecule has 1 amide bonds. The van der Waals surface area contributed by atoms with Gasteiger partial charge in [-0.1, -0.05) is 34.8 Å². The van der Waals surface area contributed by atoms with Crippen LogP contribution in [-0.2, 0) is 4.79 Å². The molecular weight excluding hydrogens is 377 g/mol. The molecule has 0 saturated carbocycles. The lowest BCUT2D eigenvalue weighted by atomic mass is 10.3. The second-order valence-electron chi connectivity index (χ2n) is 4.67. The van der Waals surface area contributed by atoms with E-state index in [4.69, 9.17) is 39.5 Å². The van der Waals surface area contributed by atoms with Crippen molar-refractivity contribution in [3.63, 3.8) is 0 Å². The van der Waals surface area contributed by atoms with Crippen molar-refractivity contribution in [3.8, 4) is 5.75 Å². The lowest BCUT2D eigenvalue weighted by Crippen LogP contribution is -2.22. The van der Waals surface area contributed by atoms with Gasteiger partial charge in [0.2, 0.25) is 5.91 Å². The molecule has 2 aromatic carbocycles. The van der Waals surface area contributed by atoms with E-state index in [1.807, 2.05) is 31.2 Å². The Morgan fingerprint density at radius 3 is 2.22 bits per heavy atom. The fourth-order valence-corrected chi connectivity index (χ4v) is 3.58. The standard InChI is InChI=1S/C16H14Cl3NO2S/c1-9(23-12-5-3-11(22-2)4-6-12)16(21)20-15-13(18)7-10(17)8-14(15)19/h3-9H,1-2H3,(H,20,21)/t9-/m1/s1. The smallest absolute Gasteiger partial charge is 0.237 e. The number of hydrogen-bond acceptors (Lipinski definition) is 3. The van der Waals surface area contributed by atoms with E-state index >= 15 is 0 Å². The van der Waals surface area contributed by atoms with Crippen molar-refractivity contribution in [1.29, 1.82) is 0 Å². The number of carbonyl (C=O) groups is 1. The van der Waals surface area contributed by atoms with E-state index in [9.17, 15) is 4.79 Å². The van der Waals surface area contributed by atoms with Crippen molar-refractivity contribution in [2.45, 2.75) is 17.1 Å². The van der Waals surface area contributed by atoms with Gasteiger partial charge in [-0.2, -0.15) is 0 Å². The van der Waals surface area contributed by atoms with Crippen LogP contribution in [0.2, 0.25) is 15.1 Å². The highest BCUT2D eigenvalue weighted by molar-refractivity contribution is 8.00. The van der Waals surface area contributed by atoms with Gasteiger partial charge in [0.15, 0.2) is 0 Å². The van der Waals surface area contributed by atoms with Crippen molar-refractivity contribution in [3.05, 3.63) is 51.5 Å². The van der Waals surface area contributed by atoms with E-state index in [-0.39, 0.29) is 11.2 Å². The average molecular weight is 391 g/mol. The Labute approximate surface area is 154 Å². The Morgan fingerprint density at radius 2 is 1.70 bits per heavy atom. The molecule has 1 N–H and O–H groups in total. The summed E-state index contributed by atoms with van der Waals surface area (Å²) in [6, 6.07) is 10.6. The number of methoxy groups -OCH3 is 1. The molecule has 0 saturated heterocycles. The molecule has 0 aliphatic heterocycles. The van der Waals surface area contributed by atoms with Gasteiger partial charge in [0.05, 0.1) is 28.1 Å². The van der Waals surface area contributed by atoms with E-state index in [1.54, 1.807) is 7.11 Å². The maximum absolute atomic E-state index is 12.3. The summed E-state index contributed by atoms with van der Waals surface area (Å²) in [6.45, 7) is 1.81. The predicted octanol–water partition coefficient (Wildman–Crippen LogP) is 5.77. The van der Waals surface area contributed by atoms with Crippen LogP contribution in [0.4, 0.5) is 5.69 Å². The van der Waals surface area contributed by atoms with Crippen LogP contribution in [0.25, 0.3) is 0 Å². The summed E-state index contributed by atoms with van der Waals surface area (Å²) in [5.74, 6) is 0.572. The number of rotatable bonds is 5. The molecule has 23 heavy (non-hydrogen) atoms. The highest BCUT2D eigenvalue weighted by Crippen LogP contribution is 2.34. The number of benzene rings is 2. The van der Waals surface area contributed by atoms with Crippen molar-refractivity contribution in [2.75, 3.05) is 12.4 Å². The zero-order chi connectivity index (χ0) is 17.0. The van der Waals surface area contributed by atoms with E-state index in [1.165, 1.54) is 23.9 Å². The molecule has 0 aromatic heterocycles. The molecule has 0 heterocycles. The van der Waals surface area contributed by atoms with Crippen molar-refractivity contribution in [1.82, 2.24) is 0 Å². The molecule has 0 aliphatic carbocycles. The molecule has 0 bridgehead atoms. The number of hydrogen-bond donors (Lipinski definition) is 1. The Hall–Kier alpha value is -1.07. The number of thioether (sulfide) groups is 1. The van der Waals surface area contributed by atoms with E-state index in [2.05, 4.69) is 5.32 Å². The lowest BCUT2D eigenvalue weighted by Gasteiger charge is -2.14. The van der Waals surface area contributed by atoms with Gasteiger partial charge in [-0.25, -0.2) is 0 Å². The predicted molar refractivity (Wildman–Crippen MR) is 98.4 cm³/mol. The molecule has 2 rings (SSSR count). The number of carbonyl (C=O) groups excluding carboxylic acids is 1. The Bertz CT molecular complexity index is 684. The quantitative estimate of drug-likeness (QED) is 0.658. The summed E-state index contributed by atoms with van der Waals surface area (Å²) >= 11 is 19.4. The van der Waals surface area contributed by atoms with Crippen LogP contribution in [0.15, 0.2) is 41.3 Å². The maximum atomic E-state index is 12.3. The van der Waals surface area contributed by atoms with Crippen molar-refractivity contribution in [2.24, 2.45) is 0 Å². The molecule has 1 atom stereocenters. The number of ether oxygens (including phenoxy) is 1. The molecule has 0 spiro atoms. The molecule has 122 valence electrons. The minimum Gasteiger partial charge on any atom is -0.497 e. The van der Waals surface area contributed by atoms with Crippen LogP contribution in [0, 0.1) is 0 Å². The zero-order valence-electron chi connectivity index (χ0n) is 12.4. The highest BCUT2D eigenvalue weighted by Gasteiger charge is 2.18. The number of amides is 1. The van der Waals surface area contributed by atoms with Crippen LogP contribution in [0.1, 0.15) is 6.92 Å². The third-order valence-corrected chi connectivity index (χ3v) is 4.92. The first-order valence-electron chi connectivity index (χ1n) is 6.67. The maximum Gasteiger partial charge on any atom is 0.237 e. The zero-order valence-corrected chi connectivity index (χ0v) is 15.5. The molecule has 2 aromatic rings. The minimum absolute atomic E-state index is 0.197. The van der Waals surface area contributed by atoms with Gasteiger partial charge in [-0.15, -0.1) is 11.8 Å². The highest BCUT2D eigenvalue weighted by atomic mass is 35.5. The molecular formula is C16H14Cl3NO2S. The van der Waals surface area contributed by atoms with Crippen LogP contribution in [-0.4, -0.2) is 18.3 Å². The summed E-state index contributed by atoms with van der Waals surface area (Å²) in [7, 11) is 1.61. The number of halogens is 3. The third-order valence-electron chi connectivity index (χ3n) is 3.00. The Balaban J connectivity index is 2.05. The van der Waals surface area contributed by atoms with Gasteiger partial charge in [0.25, 0.3) is 0 Å². The monoisotopic (exact) mass is 389 g/mol. The summed E-state index contributed by atoms with van der Waals surface area (Å²) in [5.41, 5.74) is 0.366. The largest absolute Gasteiger partial charge is 0.497 e. The molecule has 0 aliphatic rings. The van der Waals surface area contributed by atoms with Crippen LogP contribution in [0.3, 0.4) is 0 Å². The first kappa shape index (κ1) is 18.3. The van der Waals surface area contributed by atoms with Crippen molar-refractivity contribution >= 4 is 58.2 Å². The summed E-state index contributed by atoms with van der Waals surface area (Å²) in [6.07, 6.45) is 0. The van der Waals surface area contributed by atoms with Crippen molar-refractivity contribution < 1.29 is 9.53 Å². The molecule has 0 unspecified atom stereocenters. The number of nitrogens with one attached hydrogen (secondary N) is 1. The van der Waals surface area contributed by atoms with Gasteiger partial charge >= 0.3 is 0 Å². The first-order chi connectivity index (χ1) is 10.9. The topological polar surface area (TPSA) is 38.3 Å². The summed E-state index contributed by atoms with van der Waals surface area (Å²) < 4.78 is 5.11. The SMILES string of the molecule is COc1ccc(S[C@H](C)C(=O)Nc2c(Cl)cc(Cl)cc2Cl)cc1. The lowest BCUT2D eigenvalue weighted by molar-refractivity contribution is -0.115. The first-order valence-corrected chi connectivity index (χ1v) is 8.68. The molecule has 0 radical (unpaired) electrons. The summed E-state index contributed by atoms with van der Waals surface area (Å²) in [5, 5.41) is 3.44. The van der Waals surface area contributed by atoms with Crippen LogP contribution in [0.5, 0.6) is 5.75 Å². The van der Waals surface area contributed by atoms with Gasteiger partial charge in [0, 0.05) is 9.92 Å². The second kappa shape index (κ2) is 8.15. The van der Waals surface area contributed by atoms with Gasteiger partial charge < -0.3 is 10.1 Å². The normalized spacial score (nSPS) is 11.9. The van der Waals surface area contributed by atoms with Gasteiger partial charge in [0.1, 0.15) is 5.75 Å². The molecule has 7 heteroatoms. The number of anilines is 1.